The number of H-pyrrole nitrogens is 1. The molecule has 0 saturated carbocycles. The van der Waals surface area contributed by atoms with Crippen molar-refractivity contribution in [2.24, 2.45) is 5.92 Å². The van der Waals surface area contributed by atoms with Crippen LogP contribution < -0.4 is 5.32 Å². The van der Waals surface area contributed by atoms with E-state index in [1.54, 1.807) is 11.3 Å². The number of carbonyl (C=O) groups is 1. The lowest BCUT2D eigenvalue weighted by Gasteiger charge is -2.18. The molecule has 0 saturated heterocycles. The van der Waals surface area contributed by atoms with Gasteiger partial charge in [0.15, 0.2) is 0 Å². The number of anilines is 1. The van der Waals surface area contributed by atoms with Crippen LogP contribution in [0.4, 0.5) is 5.69 Å². The molecule has 1 atom stereocenters. The first-order valence-corrected chi connectivity index (χ1v) is 8.83. The molecule has 122 valence electrons. The summed E-state index contributed by atoms with van der Waals surface area (Å²) in [7, 11) is 0. The maximum atomic E-state index is 12.7. The molecule has 0 aliphatic heterocycles. The molecule has 3 aromatic rings. The Morgan fingerprint density at radius 3 is 3.17 bits per heavy atom. The number of rotatable bonds is 3. The van der Waals surface area contributed by atoms with Crippen LogP contribution in [0.15, 0.2) is 29.6 Å². The van der Waals surface area contributed by atoms with Gasteiger partial charge in [-0.3, -0.25) is 4.79 Å². The van der Waals surface area contributed by atoms with E-state index in [-0.39, 0.29) is 5.91 Å². The minimum Gasteiger partial charge on any atom is -0.322 e. The van der Waals surface area contributed by atoms with Gasteiger partial charge in [0.2, 0.25) is 5.82 Å². The molecule has 2 heterocycles. The molecule has 0 spiro atoms. The molecule has 24 heavy (non-hydrogen) atoms. The van der Waals surface area contributed by atoms with Gasteiger partial charge in [0.05, 0.1) is 5.56 Å². The number of hydrogen-bond acceptors (Lipinski definition) is 5. The Bertz CT molecular complexity index is 871. The number of benzene rings is 1. The predicted octanol–water partition coefficient (Wildman–Crippen LogP) is 3.31. The van der Waals surface area contributed by atoms with E-state index in [0.29, 0.717) is 11.7 Å². The average molecular weight is 339 g/mol. The Kier molecular flexibility index (Phi) is 3.86. The Morgan fingerprint density at radius 2 is 2.33 bits per heavy atom. The molecule has 2 N–H and O–H groups in total. The maximum Gasteiger partial charge on any atom is 0.256 e. The molecular weight excluding hydrogens is 322 g/mol. The molecule has 0 unspecified atom stereocenters. The average Bonchev–Trinajstić information content (AvgIpc) is 3.24. The lowest BCUT2D eigenvalue weighted by atomic mass is 9.88. The van der Waals surface area contributed by atoms with Crippen molar-refractivity contribution >= 4 is 22.9 Å². The third kappa shape index (κ3) is 2.82. The molecule has 0 radical (unpaired) electrons. The van der Waals surface area contributed by atoms with E-state index >= 15 is 0 Å². The summed E-state index contributed by atoms with van der Waals surface area (Å²) in [6.07, 6.45) is 3.23. The van der Waals surface area contributed by atoms with E-state index < -0.39 is 0 Å². The van der Waals surface area contributed by atoms with Gasteiger partial charge in [0, 0.05) is 21.5 Å². The summed E-state index contributed by atoms with van der Waals surface area (Å²) < 4.78 is 0. The first-order chi connectivity index (χ1) is 11.7. The highest BCUT2D eigenvalue weighted by Crippen LogP contribution is 2.33. The number of thiophene rings is 1. The van der Waals surface area contributed by atoms with Crippen LogP contribution in [-0.4, -0.2) is 26.5 Å². The van der Waals surface area contributed by atoms with E-state index in [1.165, 1.54) is 10.4 Å². The normalized spacial score (nSPS) is 16.6. The topological polar surface area (TPSA) is 83.6 Å². The summed E-state index contributed by atoms with van der Waals surface area (Å²) in [6, 6.07) is 7.46. The van der Waals surface area contributed by atoms with Crippen molar-refractivity contribution in [2.45, 2.75) is 26.2 Å². The molecule has 0 bridgehead atoms. The molecule has 0 fully saturated rings. The lowest BCUT2D eigenvalue weighted by Crippen LogP contribution is -2.16. The summed E-state index contributed by atoms with van der Waals surface area (Å²) in [5, 5.41) is 18.9. The molecule has 7 heteroatoms. The summed E-state index contributed by atoms with van der Waals surface area (Å²) in [4.78, 5) is 14.0. The van der Waals surface area contributed by atoms with Gasteiger partial charge in [-0.1, -0.05) is 19.1 Å². The number of aromatic nitrogens is 4. The standard InChI is InChI=1S/C17H17N5OS/c1-10-5-6-13-14(9-24-15(13)7-10)17(23)18-12-4-2-3-11(8-12)16-19-21-22-20-16/h2-4,8-10H,5-7H2,1H3,(H,18,23)(H,19,20,21,22)/t10-/m0/s1. The Morgan fingerprint density at radius 1 is 1.42 bits per heavy atom. The Balaban J connectivity index is 1.56. The van der Waals surface area contributed by atoms with Crippen LogP contribution in [0, 0.1) is 5.92 Å². The zero-order valence-corrected chi connectivity index (χ0v) is 14.1. The largest absolute Gasteiger partial charge is 0.322 e. The van der Waals surface area contributed by atoms with E-state index in [4.69, 9.17) is 0 Å². The number of aromatic amines is 1. The van der Waals surface area contributed by atoms with Crippen LogP contribution in [0.2, 0.25) is 0 Å². The van der Waals surface area contributed by atoms with Crippen molar-refractivity contribution in [3.63, 3.8) is 0 Å². The number of carbonyl (C=O) groups excluding carboxylic acids is 1. The van der Waals surface area contributed by atoms with Crippen molar-refractivity contribution in [3.05, 3.63) is 45.6 Å². The highest BCUT2D eigenvalue weighted by Gasteiger charge is 2.23. The van der Waals surface area contributed by atoms with Crippen LogP contribution in [-0.2, 0) is 12.8 Å². The van der Waals surface area contributed by atoms with Gasteiger partial charge in [0.1, 0.15) is 0 Å². The second kappa shape index (κ2) is 6.16. The lowest BCUT2D eigenvalue weighted by molar-refractivity contribution is 0.102. The van der Waals surface area contributed by atoms with E-state index in [2.05, 4.69) is 32.9 Å². The quantitative estimate of drug-likeness (QED) is 0.767. The van der Waals surface area contributed by atoms with Crippen molar-refractivity contribution in [2.75, 3.05) is 5.32 Å². The van der Waals surface area contributed by atoms with Crippen LogP contribution in [0.5, 0.6) is 0 Å². The van der Waals surface area contributed by atoms with Gasteiger partial charge in [0.25, 0.3) is 5.91 Å². The third-order valence-electron chi connectivity index (χ3n) is 4.37. The van der Waals surface area contributed by atoms with Crippen molar-refractivity contribution in [1.29, 1.82) is 0 Å². The Hall–Kier alpha value is -2.54. The van der Waals surface area contributed by atoms with Crippen LogP contribution >= 0.6 is 11.3 Å². The van der Waals surface area contributed by atoms with Crippen LogP contribution in [0.25, 0.3) is 11.4 Å². The van der Waals surface area contributed by atoms with Crippen LogP contribution in [0.3, 0.4) is 0 Å². The summed E-state index contributed by atoms with van der Waals surface area (Å²) >= 11 is 1.70. The summed E-state index contributed by atoms with van der Waals surface area (Å²) in [5.41, 5.74) is 3.57. The van der Waals surface area contributed by atoms with E-state index in [9.17, 15) is 4.79 Å². The number of fused-ring (bicyclic) bond motifs is 1. The summed E-state index contributed by atoms with van der Waals surface area (Å²) in [6.45, 7) is 2.27. The second-order valence-corrected chi connectivity index (χ2v) is 7.13. The fourth-order valence-corrected chi connectivity index (χ4v) is 4.33. The van der Waals surface area contributed by atoms with Gasteiger partial charge < -0.3 is 5.32 Å². The molecule has 1 aromatic carbocycles. The first kappa shape index (κ1) is 15.0. The van der Waals surface area contributed by atoms with Gasteiger partial charge in [-0.25, -0.2) is 0 Å². The van der Waals surface area contributed by atoms with Gasteiger partial charge >= 0.3 is 0 Å². The van der Waals surface area contributed by atoms with Crippen molar-refractivity contribution in [3.8, 4) is 11.4 Å². The Labute approximate surface area is 143 Å². The number of hydrogen-bond donors (Lipinski definition) is 2. The van der Waals surface area contributed by atoms with E-state index in [1.807, 2.05) is 29.6 Å². The third-order valence-corrected chi connectivity index (χ3v) is 5.42. The monoisotopic (exact) mass is 339 g/mol. The fourth-order valence-electron chi connectivity index (χ4n) is 3.09. The summed E-state index contributed by atoms with van der Waals surface area (Å²) in [5.74, 6) is 1.17. The van der Waals surface area contributed by atoms with Gasteiger partial charge in [-0.05, 0) is 48.1 Å². The smallest absolute Gasteiger partial charge is 0.256 e. The SMILES string of the molecule is C[C@H]1CCc2c(C(=O)Nc3cccc(-c4nn[nH]n4)c3)csc2C1. The number of tetrazole rings is 1. The molecular formula is C17H17N5OS. The maximum absolute atomic E-state index is 12.7. The van der Waals surface area contributed by atoms with Crippen molar-refractivity contribution in [1.82, 2.24) is 20.6 Å². The van der Waals surface area contributed by atoms with Crippen molar-refractivity contribution < 1.29 is 4.79 Å². The van der Waals surface area contributed by atoms with Gasteiger partial charge in [-0.2, -0.15) is 5.21 Å². The number of nitrogens with one attached hydrogen (secondary N) is 2. The van der Waals surface area contributed by atoms with Gasteiger partial charge in [-0.15, -0.1) is 21.5 Å². The first-order valence-electron chi connectivity index (χ1n) is 7.95. The number of nitrogens with zero attached hydrogens (tertiary/aromatic N) is 3. The fraction of sp³-hybridized carbons (Fsp3) is 0.294. The molecule has 1 aliphatic carbocycles. The zero-order valence-electron chi connectivity index (χ0n) is 13.2. The minimum absolute atomic E-state index is 0.0488. The number of amides is 1. The zero-order chi connectivity index (χ0) is 16.5. The molecule has 4 rings (SSSR count). The highest BCUT2D eigenvalue weighted by molar-refractivity contribution is 7.10. The molecule has 1 amide bonds. The minimum atomic E-state index is -0.0488. The van der Waals surface area contributed by atoms with Crippen LogP contribution in [0.1, 0.15) is 34.1 Å². The molecule has 2 aromatic heterocycles. The molecule has 6 nitrogen and oxygen atoms in total. The van der Waals surface area contributed by atoms with E-state index in [0.717, 1.165) is 36.1 Å². The predicted molar refractivity (Wildman–Crippen MR) is 93.1 cm³/mol. The second-order valence-electron chi connectivity index (χ2n) is 6.17. The molecule has 1 aliphatic rings. The highest BCUT2D eigenvalue weighted by atomic mass is 32.1.